The van der Waals surface area contributed by atoms with E-state index in [2.05, 4.69) is 9.71 Å². The van der Waals surface area contributed by atoms with E-state index in [9.17, 15) is 18.5 Å². The van der Waals surface area contributed by atoms with Crippen LogP contribution >= 0.6 is 12.4 Å². The molecule has 1 aliphatic rings. The number of rotatable bonds is 6. The van der Waals surface area contributed by atoms with Gasteiger partial charge in [-0.15, -0.1) is 12.4 Å². The van der Waals surface area contributed by atoms with Crippen molar-refractivity contribution in [2.75, 3.05) is 6.54 Å². The number of nitrogens with zero attached hydrogens (tertiary/aromatic N) is 2. The molecule has 1 aliphatic carbocycles. The van der Waals surface area contributed by atoms with E-state index in [1.165, 1.54) is 24.4 Å². The fraction of sp³-hybridized carbons (Fsp3) is 0.438. The van der Waals surface area contributed by atoms with E-state index in [-0.39, 0.29) is 52.4 Å². The van der Waals surface area contributed by atoms with Gasteiger partial charge in [-0.25, -0.2) is 13.1 Å². The molecule has 1 aromatic heterocycles. The Morgan fingerprint density at radius 1 is 1.31 bits per heavy atom. The number of nitrogens with two attached hydrogens (primary N) is 1. The van der Waals surface area contributed by atoms with E-state index < -0.39 is 14.9 Å². The van der Waals surface area contributed by atoms with E-state index in [4.69, 9.17) is 5.73 Å². The third kappa shape index (κ3) is 3.96. The molecule has 1 atom stereocenters. The van der Waals surface area contributed by atoms with Gasteiger partial charge in [-0.3, -0.25) is 15.1 Å². The summed E-state index contributed by atoms with van der Waals surface area (Å²) in [5, 5.41) is 11.4. The molecule has 1 fully saturated rings. The number of nitrogens with one attached hydrogen (secondary N) is 1. The molecule has 2 aromatic rings. The van der Waals surface area contributed by atoms with Crippen molar-refractivity contribution in [3.05, 3.63) is 40.6 Å². The van der Waals surface area contributed by atoms with Gasteiger partial charge in [0.1, 0.15) is 4.90 Å². The van der Waals surface area contributed by atoms with Crippen LogP contribution in [0, 0.1) is 16.0 Å². The lowest BCUT2D eigenvalue weighted by atomic mass is 9.99. The Kier molecular flexibility index (Phi) is 6.51. The summed E-state index contributed by atoms with van der Waals surface area (Å²) >= 11 is 0. The van der Waals surface area contributed by atoms with Crippen molar-refractivity contribution in [2.45, 2.75) is 36.6 Å². The Balaban J connectivity index is 0.00000243. The lowest BCUT2D eigenvalue weighted by Crippen LogP contribution is -2.44. The van der Waals surface area contributed by atoms with E-state index >= 15 is 0 Å². The quantitative estimate of drug-likeness (QED) is 0.565. The zero-order chi connectivity index (χ0) is 18.0. The summed E-state index contributed by atoms with van der Waals surface area (Å²) in [5.74, 6) is 0.219. The number of nitro benzene ring substituents is 1. The number of hydrogen-bond donors (Lipinski definition) is 2. The molecule has 10 heteroatoms. The van der Waals surface area contributed by atoms with Crippen molar-refractivity contribution in [2.24, 2.45) is 11.7 Å². The molecule has 3 N–H and O–H groups in total. The molecule has 26 heavy (non-hydrogen) atoms. The molecule has 1 aromatic carbocycles. The minimum atomic E-state index is -3.89. The maximum atomic E-state index is 12.9. The highest BCUT2D eigenvalue weighted by Crippen LogP contribution is 2.31. The lowest BCUT2D eigenvalue weighted by Gasteiger charge is -2.23. The number of non-ortho nitro benzene ring substituents is 1. The van der Waals surface area contributed by atoms with Gasteiger partial charge in [0.15, 0.2) is 0 Å². The molecule has 0 spiro atoms. The van der Waals surface area contributed by atoms with E-state index in [1.54, 1.807) is 6.07 Å². The molecule has 0 amide bonds. The number of pyridine rings is 1. The van der Waals surface area contributed by atoms with Crippen LogP contribution in [0.25, 0.3) is 10.9 Å². The number of nitro groups is 1. The van der Waals surface area contributed by atoms with Crippen LogP contribution in [0.3, 0.4) is 0 Å². The van der Waals surface area contributed by atoms with Gasteiger partial charge >= 0.3 is 0 Å². The first-order chi connectivity index (χ1) is 11.9. The van der Waals surface area contributed by atoms with E-state index in [1.807, 2.05) is 0 Å². The predicted molar refractivity (Wildman–Crippen MR) is 101 cm³/mol. The van der Waals surface area contributed by atoms with Crippen LogP contribution in [0.1, 0.15) is 25.7 Å². The smallest absolute Gasteiger partial charge is 0.278 e. The lowest BCUT2D eigenvalue weighted by molar-refractivity contribution is -0.383. The second-order valence-corrected chi connectivity index (χ2v) is 7.93. The van der Waals surface area contributed by atoms with Crippen molar-refractivity contribution >= 4 is 39.0 Å². The maximum absolute atomic E-state index is 12.9. The van der Waals surface area contributed by atoms with Gasteiger partial charge in [0.05, 0.1) is 15.8 Å². The topological polar surface area (TPSA) is 128 Å². The van der Waals surface area contributed by atoms with Crippen molar-refractivity contribution in [3.63, 3.8) is 0 Å². The van der Waals surface area contributed by atoms with Gasteiger partial charge in [0.25, 0.3) is 5.69 Å². The Morgan fingerprint density at radius 3 is 2.62 bits per heavy atom. The summed E-state index contributed by atoms with van der Waals surface area (Å²) in [6, 6.07) is 5.13. The molecular weight excluding hydrogens is 380 g/mol. The first kappa shape index (κ1) is 20.5. The third-order valence-corrected chi connectivity index (χ3v) is 6.25. The van der Waals surface area contributed by atoms with Crippen molar-refractivity contribution in [3.8, 4) is 0 Å². The molecule has 1 saturated carbocycles. The van der Waals surface area contributed by atoms with Crippen molar-refractivity contribution < 1.29 is 13.3 Å². The average molecular weight is 401 g/mol. The molecule has 0 radical (unpaired) electrons. The average Bonchev–Trinajstić information content (AvgIpc) is 3.13. The van der Waals surface area contributed by atoms with Crippen LogP contribution < -0.4 is 10.5 Å². The van der Waals surface area contributed by atoms with Gasteiger partial charge < -0.3 is 5.73 Å². The number of sulfonamides is 1. The fourth-order valence-electron chi connectivity index (χ4n) is 3.47. The van der Waals surface area contributed by atoms with Gasteiger partial charge in [0.2, 0.25) is 10.0 Å². The van der Waals surface area contributed by atoms with Gasteiger partial charge in [-0.2, -0.15) is 0 Å². The first-order valence-electron chi connectivity index (χ1n) is 8.18. The normalized spacial score (nSPS) is 16.3. The molecule has 3 rings (SSSR count). The number of hydrogen-bond acceptors (Lipinski definition) is 6. The number of aromatic nitrogens is 1. The van der Waals surface area contributed by atoms with Crippen LogP contribution in [-0.2, 0) is 10.0 Å². The summed E-state index contributed by atoms with van der Waals surface area (Å²) in [5.41, 5.74) is 5.70. The summed E-state index contributed by atoms with van der Waals surface area (Å²) in [4.78, 5) is 14.6. The molecule has 0 bridgehead atoms. The summed E-state index contributed by atoms with van der Waals surface area (Å²) in [6.45, 7) is 0.211. The van der Waals surface area contributed by atoms with E-state index in [0.717, 1.165) is 25.7 Å². The monoisotopic (exact) mass is 400 g/mol. The van der Waals surface area contributed by atoms with Gasteiger partial charge in [-0.05, 0) is 37.0 Å². The zero-order valence-corrected chi connectivity index (χ0v) is 15.6. The summed E-state index contributed by atoms with van der Waals surface area (Å²) in [6.07, 6.45) is 5.46. The predicted octanol–water partition coefficient (Wildman–Crippen LogP) is 2.36. The SMILES string of the molecule is Cl.NCC(NS(=O)(=O)c1ccc([N+](=O)[O-])c2cccnc12)C1CCCC1. The molecule has 0 saturated heterocycles. The standard InChI is InChI=1S/C16H20N4O4S.ClH/c17-10-13(11-4-1-2-5-11)19-25(23,24)15-8-7-14(20(21)22)12-6-3-9-18-16(12)15;/h3,6-9,11,13,19H,1-2,4-5,10,17H2;1H. The largest absolute Gasteiger partial charge is 0.329 e. The van der Waals surface area contributed by atoms with Crippen LogP contribution in [0.5, 0.6) is 0 Å². The number of fused-ring (bicyclic) bond motifs is 1. The Labute approximate surface area is 157 Å². The Bertz CT molecular complexity index is 900. The van der Waals surface area contributed by atoms with Crippen molar-refractivity contribution in [1.82, 2.24) is 9.71 Å². The second kappa shape index (κ2) is 8.26. The number of benzene rings is 1. The first-order valence-corrected chi connectivity index (χ1v) is 9.67. The second-order valence-electron chi connectivity index (χ2n) is 6.25. The zero-order valence-electron chi connectivity index (χ0n) is 14.0. The molecule has 0 aliphatic heterocycles. The van der Waals surface area contributed by atoms with Crippen LogP contribution in [-0.4, -0.2) is 30.9 Å². The minimum Gasteiger partial charge on any atom is -0.329 e. The molecule has 1 heterocycles. The minimum absolute atomic E-state index is 0. The fourth-order valence-corrected chi connectivity index (χ4v) is 4.95. The molecule has 8 nitrogen and oxygen atoms in total. The highest BCUT2D eigenvalue weighted by molar-refractivity contribution is 7.89. The number of halogens is 1. The molecule has 142 valence electrons. The third-order valence-electron chi connectivity index (χ3n) is 4.73. The summed E-state index contributed by atoms with van der Waals surface area (Å²) < 4.78 is 28.4. The molecule has 1 unspecified atom stereocenters. The maximum Gasteiger partial charge on any atom is 0.278 e. The highest BCUT2D eigenvalue weighted by atomic mass is 35.5. The van der Waals surface area contributed by atoms with E-state index in [0.29, 0.717) is 0 Å². The van der Waals surface area contributed by atoms with Gasteiger partial charge in [0, 0.05) is 24.8 Å². The van der Waals surface area contributed by atoms with Crippen LogP contribution in [0.15, 0.2) is 35.4 Å². The van der Waals surface area contributed by atoms with Crippen LogP contribution in [0.4, 0.5) is 5.69 Å². The molecular formula is C16H21ClN4O4S. The summed E-state index contributed by atoms with van der Waals surface area (Å²) in [7, 11) is -3.89. The highest BCUT2D eigenvalue weighted by Gasteiger charge is 2.30. The Morgan fingerprint density at radius 2 is 2.00 bits per heavy atom. The Hall–Kier alpha value is -1.81. The van der Waals surface area contributed by atoms with Gasteiger partial charge in [-0.1, -0.05) is 12.8 Å². The van der Waals surface area contributed by atoms with Crippen molar-refractivity contribution in [1.29, 1.82) is 0 Å². The van der Waals surface area contributed by atoms with Crippen LogP contribution in [0.2, 0.25) is 0 Å².